The Kier molecular flexibility index (Phi) is 4.56. The van der Waals surface area contributed by atoms with Gasteiger partial charge in [-0.3, -0.25) is 0 Å². The summed E-state index contributed by atoms with van der Waals surface area (Å²) in [4.78, 5) is 26.2. The van der Waals surface area contributed by atoms with Gasteiger partial charge < -0.3 is 20.0 Å². The van der Waals surface area contributed by atoms with Crippen LogP contribution in [-0.2, 0) is 4.79 Å². The number of hydrogen-bond acceptors (Lipinski definition) is 3. The van der Waals surface area contributed by atoms with Crippen LogP contribution in [0.1, 0.15) is 26.7 Å². The molecule has 1 unspecified atom stereocenters. The van der Waals surface area contributed by atoms with Crippen LogP contribution in [0.5, 0.6) is 0 Å². The van der Waals surface area contributed by atoms with Gasteiger partial charge in [-0.1, -0.05) is 0 Å². The van der Waals surface area contributed by atoms with Gasteiger partial charge in [-0.15, -0.1) is 0 Å². The number of nitrogens with zero attached hydrogens (tertiary/aromatic N) is 2. The maximum absolute atomic E-state index is 12.2. The lowest BCUT2D eigenvalue weighted by Gasteiger charge is -2.39. The van der Waals surface area contributed by atoms with Crippen LogP contribution in [0.4, 0.5) is 4.79 Å². The Labute approximate surface area is 107 Å². The van der Waals surface area contributed by atoms with Crippen molar-refractivity contribution in [3.63, 3.8) is 0 Å². The van der Waals surface area contributed by atoms with Crippen LogP contribution >= 0.6 is 0 Å². The molecule has 1 rings (SSSR count). The van der Waals surface area contributed by atoms with E-state index in [9.17, 15) is 9.59 Å². The maximum atomic E-state index is 12.2. The highest BCUT2D eigenvalue weighted by Gasteiger charge is 2.38. The molecular weight excluding hydrogens is 236 g/mol. The molecule has 6 heteroatoms. The van der Waals surface area contributed by atoms with Crippen LogP contribution in [0.3, 0.4) is 0 Å². The minimum atomic E-state index is -1.23. The molecule has 0 bridgehead atoms. The fourth-order valence-corrected chi connectivity index (χ4v) is 1.98. The highest BCUT2D eigenvalue weighted by molar-refractivity contribution is 5.85. The summed E-state index contributed by atoms with van der Waals surface area (Å²) in [7, 11) is 1.50. The Bertz CT molecular complexity index is 330. The molecular formula is C12H22N2O4. The fourth-order valence-electron chi connectivity index (χ4n) is 1.98. The summed E-state index contributed by atoms with van der Waals surface area (Å²) in [6, 6.07) is -0.291. The predicted octanol–water partition coefficient (Wildman–Crippen LogP) is 0.606. The van der Waals surface area contributed by atoms with Gasteiger partial charge in [0, 0.05) is 26.7 Å². The quantitative estimate of drug-likeness (QED) is 0.777. The lowest BCUT2D eigenvalue weighted by atomic mass is 9.99. The first kappa shape index (κ1) is 14.8. The van der Waals surface area contributed by atoms with Crippen molar-refractivity contribution in [3.8, 4) is 0 Å². The molecule has 18 heavy (non-hydrogen) atoms. The number of aliphatic hydroxyl groups excluding tert-OH is 1. The number of piperidine rings is 1. The van der Waals surface area contributed by atoms with Crippen LogP contribution in [-0.4, -0.2) is 64.3 Å². The van der Waals surface area contributed by atoms with Crippen LogP contribution in [0.2, 0.25) is 0 Å². The molecule has 0 spiro atoms. The van der Waals surface area contributed by atoms with Crippen molar-refractivity contribution in [1.82, 2.24) is 9.80 Å². The molecule has 0 aromatic carbocycles. The molecule has 1 aliphatic rings. The van der Waals surface area contributed by atoms with Crippen LogP contribution < -0.4 is 0 Å². The van der Waals surface area contributed by atoms with Crippen molar-refractivity contribution in [2.24, 2.45) is 5.92 Å². The smallest absolute Gasteiger partial charge is 0.329 e. The predicted molar refractivity (Wildman–Crippen MR) is 66.3 cm³/mol. The average Bonchev–Trinajstić information content (AvgIpc) is 2.36. The van der Waals surface area contributed by atoms with Crippen molar-refractivity contribution in [1.29, 1.82) is 0 Å². The highest BCUT2D eigenvalue weighted by atomic mass is 16.4. The second-order valence-corrected chi connectivity index (χ2v) is 5.34. The van der Waals surface area contributed by atoms with E-state index in [-0.39, 0.29) is 18.6 Å². The topological polar surface area (TPSA) is 81.1 Å². The Balaban J connectivity index is 2.72. The molecule has 1 heterocycles. The molecule has 2 amide bonds. The van der Waals surface area contributed by atoms with E-state index in [0.717, 1.165) is 12.8 Å². The van der Waals surface area contributed by atoms with Gasteiger partial charge in [0.1, 0.15) is 5.54 Å². The number of carbonyl (C=O) groups excluding carboxylic acids is 1. The zero-order valence-corrected chi connectivity index (χ0v) is 11.2. The van der Waals surface area contributed by atoms with Crippen molar-refractivity contribution in [2.45, 2.75) is 32.2 Å². The zero-order chi connectivity index (χ0) is 13.9. The lowest BCUT2D eigenvalue weighted by Crippen LogP contribution is -2.56. The monoisotopic (exact) mass is 258 g/mol. The second-order valence-electron chi connectivity index (χ2n) is 5.34. The van der Waals surface area contributed by atoms with Gasteiger partial charge in [0.25, 0.3) is 0 Å². The Morgan fingerprint density at radius 3 is 2.56 bits per heavy atom. The third kappa shape index (κ3) is 2.93. The SMILES string of the molecule is CN(C(=O)N1CCCC(CO)C1)C(C)(C)C(=O)O. The van der Waals surface area contributed by atoms with Gasteiger partial charge in [0.05, 0.1) is 0 Å². The zero-order valence-electron chi connectivity index (χ0n) is 11.2. The van der Waals surface area contributed by atoms with E-state index in [1.54, 1.807) is 4.90 Å². The molecule has 0 aromatic heterocycles. The van der Waals surface area contributed by atoms with Crippen LogP contribution in [0.25, 0.3) is 0 Å². The number of aliphatic carboxylic acids is 1. The van der Waals surface area contributed by atoms with E-state index in [4.69, 9.17) is 10.2 Å². The summed E-state index contributed by atoms with van der Waals surface area (Å²) in [5, 5.41) is 18.2. The molecule has 1 saturated heterocycles. The van der Waals surface area contributed by atoms with Gasteiger partial charge in [-0.2, -0.15) is 0 Å². The van der Waals surface area contributed by atoms with E-state index in [2.05, 4.69) is 0 Å². The second kappa shape index (κ2) is 5.56. The molecule has 0 aliphatic carbocycles. The van der Waals surface area contributed by atoms with E-state index in [0.29, 0.717) is 13.1 Å². The number of carboxylic acids is 1. The van der Waals surface area contributed by atoms with Crippen molar-refractivity contribution >= 4 is 12.0 Å². The first-order chi connectivity index (χ1) is 8.30. The van der Waals surface area contributed by atoms with Crippen LogP contribution in [0, 0.1) is 5.92 Å². The summed E-state index contributed by atoms with van der Waals surface area (Å²) in [6.45, 7) is 4.18. The van der Waals surface area contributed by atoms with Crippen molar-refractivity contribution in [2.75, 3.05) is 26.7 Å². The molecule has 6 nitrogen and oxygen atoms in total. The van der Waals surface area contributed by atoms with E-state index >= 15 is 0 Å². The Morgan fingerprint density at radius 2 is 2.06 bits per heavy atom. The average molecular weight is 258 g/mol. The first-order valence-electron chi connectivity index (χ1n) is 6.17. The molecule has 1 atom stereocenters. The Morgan fingerprint density at radius 1 is 1.44 bits per heavy atom. The van der Waals surface area contributed by atoms with E-state index in [1.165, 1.54) is 25.8 Å². The molecule has 0 aromatic rings. The Hall–Kier alpha value is -1.30. The van der Waals surface area contributed by atoms with Gasteiger partial charge in [-0.25, -0.2) is 9.59 Å². The first-order valence-corrected chi connectivity index (χ1v) is 6.17. The van der Waals surface area contributed by atoms with E-state index in [1.807, 2.05) is 0 Å². The number of hydrogen-bond donors (Lipinski definition) is 2. The van der Waals surface area contributed by atoms with E-state index < -0.39 is 11.5 Å². The van der Waals surface area contributed by atoms with Gasteiger partial charge in [0.2, 0.25) is 0 Å². The van der Waals surface area contributed by atoms with Gasteiger partial charge >= 0.3 is 12.0 Å². The number of likely N-dealkylation sites (N-methyl/N-ethyl adjacent to an activating group) is 1. The standard InChI is InChI=1S/C12H22N2O4/c1-12(2,10(16)17)13(3)11(18)14-6-4-5-9(7-14)8-15/h9,15H,4-8H2,1-3H3,(H,16,17). The number of likely N-dealkylation sites (tertiary alicyclic amines) is 1. The lowest BCUT2D eigenvalue weighted by molar-refractivity contribution is -0.147. The largest absolute Gasteiger partial charge is 0.480 e. The van der Waals surface area contributed by atoms with Gasteiger partial charge in [-0.05, 0) is 32.6 Å². The van der Waals surface area contributed by atoms with Crippen molar-refractivity contribution in [3.05, 3.63) is 0 Å². The molecule has 0 saturated carbocycles. The summed E-state index contributed by atoms with van der Waals surface area (Å²) in [5.74, 6) is -0.932. The molecule has 0 radical (unpaired) electrons. The fraction of sp³-hybridized carbons (Fsp3) is 0.833. The number of urea groups is 1. The normalized spacial score (nSPS) is 20.7. The molecule has 1 fully saturated rings. The summed E-state index contributed by atoms with van der Waals surface area (Å²) < 4.78 is 0. The maximum Gasteiger partial charge on any atom is 0.329 e. The third-order valence-corrected chi connectivity index (χ3v) is 3.70. The summed E-state index contributed by atoms with van der Waals surface area (Å²) >= 11 is 0. The number of rotatable bonds is 3. The summed E-state index contributed by atoms with van der Waals surface area (Å²) in [5.41, 5.74) is -1.23. The molecule has 2 N–H and O–H groups in total. The third-order valence-electron chi connectivity index (χ3n) is 3.70. The minimum Gasteiger partial charge on any atom is -0.480 e. The molecule has 104 valence electrons. The number of amides is 2. The number of carbonyl (C=O) groups is 2. The molecule has 1 aliphatic heterocycles. The summed E-state index contributed by atoms with van der Waals surface area (Å²) in [6.07, 6.45) is 1.75. The van der Waals surface area contributed by atoms with Crippen LogP contribution in [0.15, 0.2) is 0 Å². The highest BCUT2D eigenvalue weighted by Crippen LogP contribution is 2.20. The number of carboxylic acid groups (broad SMARTS) is 1. The van der Waals surface area contributed by atoms with Gasteiger partial charge in [0.15, 0.2) is 0 Å². The minimum absolute atomic E-state index is 0.0653. The van der Waals surface area contributed by atoms with Crippen molar-refractivity contribution < 1.29 is 19.8 Å². The number of aliphatic hydroxyl groups is 1.